The number of methoxy groups -OCH3 is 2. The Bertz CT molecular complexity index is 587. The van der Waals surface area contributed by atoms with Gasteiger partial charge in [-0.3, -0.25) is 4.68 Å². The molecule has 0 saturated heterocycles. The third kappa shape index (κ3) is 3.17. The van der Waals surface area contributed by atoms with Gasteiger partial charge in [-0.2, -0.15) is 10.1 Å². The molecule has 0 radical (unpaired) electrons. The molecule has 8 heteroatoms. The third-order valence-electron chi connectivity index (χ3n) is 2.76. The Kier molecular flexibility index (Phi) is 4.75. The van der Waals surface area contributed by atoms with E-state index in [0.29, 0.717) is 30.0 Å². The quantitative estimate of drug-likeness (QED) is 0.879. The topological polar surface area (TPSA) is 74.1 Å². The molecule has 0 atom stereocenters. The molecule has 2 rings (SSSR count). The van der Waals surface area contributed by atoms with Gasteiger partial charge in [0.05, 0.1) is 44.0 Å². The molecule has 7 nitrogen and oxygen atoms in total. The highest BCUT2D eigenvalue weighted by Crippen LogP contribution is 2.23. The molecule has 2 heterocycles. The van der Waals surface area contributed by atoms with Crippen LogP contribution in [-0.2, 0) is 11.3 Å². The van der Waals surface area contributed by atoms with Gasteiger partial charge in [0, 0.05) is 7.11 Å². The summed E-state index contributed by atoms with van der Waals surface area (Å²) < 4.78 is 11.9. The van der Waals surface area contributed by atoms with E-state index in [4.69, 9.17) is 21.1 Å². The van der Waals surface area contributed by atoms with E-state index < -0.39 is 0 Å². The first-order valence-corrected chi connectivity index (χ1v) is 6.38. The van der Waals surface area contributed by atoms with Gasteiger partial charge in [0.15, 0.2) is 0 Å². The minimum atomic E-state index is 0.327. The van der Waals surface area contributed by atoms with Crippen molar-refractivity contribution in [3.8, 4) is 5.88 Å². The Morgan fingerprint density at radius 3 is 2.85 bits per heavy atom. The van der Waals surface area contributed by atoms with Crippen LogP contribution in [0, 0.1) is 6.92 Å². The average molecular weight is 298 g/mol. The Hall–Kier alpha value is -1.86. The van der Waals surface area contributed by atoms with Gasteiger partial charge in [-0.1, -0.05) is 11.6 Å². The van der Waals surface area contributed by atoms with E-state index in [1.54, 1.807) is 13.3 Å². The van der Waals surface area contributed by atoms with Crippen LogP contribution in [0.3, 0.4) is 0 Å². The Morgan fingerprint density at radius 2 is 2.15 bits per heavy atom. The summed E-state index contributed by atoms with van der Waals surface area (Å²) in [7, 11) is 3.16. The molecular formula is C12H16ClN5O2. The zero-order valence-electron chi connectivity index (χ0n) is 11.6. The van der Waals surface area contributed by atoms with E-state index in [9.17, 15) is 0 Å². The van der Waals surface area contributed by atoms with E-state index in [2.05, 4.69) is 20.4 Å². The number of aromatic nitrogens is 4. The van der Waals surface area contributed by atoms with Crippen molar-refractivity contribution in [1.29, 1.82) is 0 Å². The molecule has 0 amide bonds. The summed E-state index contributed by atoms with van der Waals surface area (Å²) in [5.41, 5.74) is 1.80. The summed E-state index contributed by atoms with van der Waals surface area (Å²) in [6.07, 6.45) is 3.20. The van der Waals surface area contributed by atoms with Gasteiger partial charge in [-0.25, -0.2) is 4.98 Å². The highest BCUT2D eigenvalue weighted by atomic mass is 35.5. The molecule has 0 aliphatic heterocycles. The van der Waals surface area contributed by atoms with E-state index in [0.717, 1.165) is 11.4 Å². The van der Waals surface area contributed by atoms with Crippen molar-refractivity contribution in [2.45, 2.75) is 13.5 Å². The molecule has 0 saturated carbocycles. The van der Waals surface area contributed by atoms with E-state index in [-0.39, 0.29) is 0 Å². The minimum absolute atomic E-state index is 0.327. The molecule has 0 unspecified atom stereocenters. The van der Waals surface area contributed by atoms with Crippen LogP contribution in [0.2, 0.25) is 5.02 Å². The van der Waals surface area contributed by atoms with Crippen LogP contribution in [0.15, 0.2) is 12.4 Å². The summed E-state index contributed by atoms with van der Waals surface area (Å²) in [4.78, 5) is 8.26. The normalized spacial score (nSPS) is 10.6. The number of rotatable bonds is 6. The smallest absolute Gasteiger partial charge is 0.237 e. The predicted molar refractivity (Wildman–Crippen MR) is 75.7 cm³/mol. The largest absolute Gasteiger partial charge is 0.480 e. The Labute approximate surface area is 121 Å². The molecule has 1 N–H and O–H groups in total. The van der Waals surface area contributed by atoms with Crippen molar-refractivity contribution < 1.29 is 9.47 Å². The highest BCUT2D eigenvalue weighted by molar-refractivity contribution is 6.31. The van der Waals surface area contributed by atoms with Gasteiger partial charge in [-0.05, 0) is 6.92 Å². The van der Waals surface area contributed by atoms with Crippen molar-refractivity contribution in [2.75, 3.05) is 26.1 Å². The van der Waals surface area contributed by atoms with E-state index in [1.165, 1.54) is 13.3 Å². The van der Waals surface area contributed by atoms with E-state index >= 15 is 0 Å². The van der Waals surface area contributed by atoms with Crippen LogP contribution in [0.4, 0.5) is 11.6 Å². The van der Waals surface area contributed by atoms with Crippen LogP contribution in [0.5, 0.6) is 5.88 Å². The van der Waals surface area contributed by atoms with Crippen molar-refractivity contribution in [3.63, 3.8) is 0 Å². The lowest BCUT2D eigenvalue weighted by Crippen LogP contribution is -2.08. The molecule has 0 aliphatic carbocycles. The molecule has 0 aromatic carbocycles. The number of hydrogen-bond donors (Lipinski definition) is 1. The van der Waals surface area contributed by atoms with Gasteiger partial charge in [-0.15, -0.1) is 0 Å². The maximum atomic E-state index is 5.88. The van der Waals surface area contributed by atoms with Gasteiger partial charge in [0.1, 0.15) is 5.02 Å². The van der Waals surface area contributed by atoms with Crippen LogP contribution < -0.4 is 10.1 Å². The maximum Gasteiger partial charge on any atom is 0.237 e. The zero-order chi connectivity index (χ0) is 14.5. The number of nitrogens with zero attached hydrogens (tertiary/aromatic N) is 4. The number of ether oxygens (including phenoxy) is 2. The predicted octanol–water partition coefficient (Wildman–Crippen LogP) is 2.03. The Morgan fingerprint density at radius 1 is 1.35 bits per heavy atom. The number of hydrogen-bond acceptors (Lipinski definition) is 6. The first kappa shape index (κ1) is 14.5. The molecule has 0 aliphatic rings. The molecule has 0 bridgehead atoms. The van der Waals surface area contributed by atoms with Gasteiger partial charge in [0.2, 0.25) is 11.8 Å². The summed E-state index contributed by atoms with van der Waals surface area (Å²) in [5, 5.41) is 7.72. The zero-order valence-corrected chi connectivity index (χ0v) is 12.3. The molecule has 2 aromatic rings. The van der Waals surface area contributed by atoms with E-state index in [1.807, 2.05) is 11.6 Å². The SMILES string of the molecule is COCCn1ncc(Nc2ncc(Cl)c(OC)n2)c1C. The lowest BCUT2D eigenvalue weighted by atomic mass is 10.4. The summed E-state index contributed by atoms with van der Waals surface area (Å²) in [6.45, 7) is 3.25. The van der Waals surface area contributed by atoms with Crippen molar-refractivity contribution in [3.05, 3.63) is 23.1 Å². The fourth-order valence-corrected chi connectivity index (χ4v) is 1.82. The summed E-state index contributed by atoms with van der Waals surface area (Å²) in [6, 6.07) is 0. The standard InChI is InChI=1S/C12H16ClN5O2/c1-8-10(7-15-18(8)4-5-19-2)16-12-14-6-9(13)11(17-12)20-3/h6-7H,4-5H2,1-3H3,(H,14,16,17). The van der Waals surface area contributed by atoms with Gasteiger partial charge in [0.25, 0.3) is 0 Å². The second kappa shape index (κ2) is 6.53. The molecule has 0 fully saturated rings. The number of nitrogens with one attached hydrogen (secondary N) is 1. The fourth-order valence-electron chi connectivity index (χ4n) is 1.65. The van der Waals surface area contributed by atoms with Crippen LogP contribution in [-0.4, -0.2) is 40.6 Å². The van der Waals surface area contributed by atoms with Gasteiger partial charge >= 0.3 is 0 Å². The van der Waals surface area contributed by atoms with Crippen molar-refractivity contribution in [1.82, 2.24) is 19.7 Å². The van der Waals surface area contributed by atoms with Gasteiger partial charge < -0.3 is 14.8 Å². The average Bonchev–Trinajstić information content (AvgIpc) is 2.79. The molecular weight excluding hydrogens is 282 g/mol. The number of halogens is 1. The first-order chi connectivity index (χ1) is 9.65. The lowest BCUT2D eigenvalue weighted by molar-refractivity contribution is 0.183. The lowest BCUT2D eigenvalue weighted by Gasteiger charge is -2.07. The second-order valence-corrected chi connectivity index (χ2v) is 4.44. The third-order valence-corrected chi connectivity index (χ3v) is 3.02. The molecule has 108 valence electrons. The van der Waals surface area contributed by atoms with Crippen LogP contribution >= 0.6 is 11.6 Å². The minimum Gasteiger partial charge on any atom is -0.480 e. The molecule has 2 aromatic heterocycles. The number of anilines is 2. The van der Waals surface area contributed by atoms with Crippen LogP contribution in [0.1, 0.15) is 5.69 Å². The highest BCUT2D eigenvalue weighted by Gasteiger charge is 2.10. The summed E-state index contributed by atoms with van der Waals surface area (Å²) in [5.74, 6) is 0.731. The second-order valence-electron chi connectivity index (χ2n) is 4.04. The van der Waals surface area contributed by atoms with Crippen molar-refractivity contribution >= 4 is 23.2 Å². The first-order valence-electron chi connectivity index (χ1n) is 6.00. The Balaban J connectivity index is 2.15. The van der Waals surface area contributed by atoms with Crippen molar-refractivity contribution in [2.24, 2.45) is 0 Å². The molecule has 0 spiro atoms. The van der Waals surface area contributed by atoms with Crippen LogP contribution in [0.25, 0.3) is 0 Å². The molecule has 20 heavy (non-hydrogen) atoms. The monoisotopic (exact) mass is 297 g/mol. The summed E-state index contributed by atoms with van der Waals surface area (Å²) >= 11 is 5.88. The fraction of sp³-hybridized carbons (Fsp3) is 0.417. The maximum absolute atomic E-state index is 5.88.